The van der Waals surface area contributed by atoms with Gasteiger partial charge in [-0.25, -0.2) is 9.78 Å². The minimum absolute atomic E-state index is 0.0210. The number of urea groups is 1. The van der Waals surface area contributed by atoms with Gasteiger partial charge in [-0.15, -0.1) is 0 Å². The van der Waals surface area contributed by atoms with Crippen molar-refractivity contribution in [2.75, 3.05) is 29.9 Å². The smallest absolute Gasteiger partial charge is 0.322 e. The predicted octanol–water partition coefficient (Wildman–Crippen LogP) is 4.30. The molecule has 3 aromatic rings. The van der Waals surface area contributed by atoms with Gasteiger partial charge in [0.1, 0.15) is 5.82 Å². The first-order valence-electron chi connectivity index (χ1n) is 10.3. The summed E-state index contributed by atoms with van der Waals surface area (Å²) in [5.74, 6) is 0.928. The van der Waals surface area contributed by atoms with Crippen LogP contribution in [0.4, 0.5) is 16.3 Å². The molecule has 6 heteroatoms. The number of nitrogens with one attached hydrogen (secondary N) is 1. The van der Waals surface area contributed by atoms with Crippen molar-refractivity contribution in [3.8, 4) is 0 Å². The number of nitrogens with zero attached hydrogens (tertiary/aromatic N) is 4. The Hall–Kier alpha value is -3.15. The van der Waals surface area contributed by atoms with E-state index >= 15 is 0 Å². The number of benzene rings is 2. The predicted molar refractivity (Wildman–Crippen MR) is 115 cm³/mol. The number of hydrogen-bond donors (Lipinski definition) is 1. The molecule has 0 atom stereocenters. The Morgan fingerprint density at radius 2 is 1.62 bits per heavy atom. The molecule has 2 fully saturated rings. The summed E-state index contributed by atoms with van der Waals surface area (Å²) in [7, 11) is 0. The zero-order valence-corrected chi connectivity index (χ0v) is 16.4. The molecule has 3 heterocycles. The molecule has 1 aromatic heterocycles. The number of aromatic nitrogens is 2. The first-order chi connectivity index (χ1) is 14.2. The summed E-state index contributed by atoms with van der Waals surface area (Å²) in [5, 5.41) is 3.07. The molecular weight excluding hydrogens is 362 g/mol. The third-order valence-corrected chi connectivity index (χ3v) is 6.32. The highest BCUT2D eigenvalue weighted by Gasteiger charge is 2.45. The van der Waals surface area contributed by atoms with Crippen molar-refractivity contribution < 1.29 is 4.79 Å². The van der Waals surface area contributed by atoms with Crippen molar-refractivity contribution in [3.63, 3.8) is 0 Å². The number of amides is 2. The number of rotatable bonds is 2. The lowest BCUT2D eigenvalue weighted by atomic mass is 9.85. The zero-order chi connectivity index (χ0) is 19.7. The molecule has 5 rings (SSSR count). The van der Waals surface area contributed by atoms with E-state index in [-0.39, 0.29) is 11.6 Å². The van der Waals surface area contributed by atoms with Gasteiger partial charge in [0, 0.05) is 30.9 Å². The molecule has 2 saturated heterocycles. The maximum atomic E-state index is 13.0. The first-order valence-corrected chi connectivity index (χ1v) is 10.3. The lowest BCUT2D eigenvalue weighted by Gasteiger charge is -2.45. The third kappa shape index (κ3) is 3.39. The number of para-hydroxylation sites is 3. The molecule has 2 aliphatic heterocycles. The van der Waals surface area contributed by atoms with Gasteiger partial charge >= 0.3 is 6.03 Å². The number of carbonyl (C=O) groups excluding carboxylic acids is 1. The maximum Gasteiger partial charge on any atom is 0.322 e. The summed E-state index contributed by atoms with van der Waals surface area (Å²) >= 11 is 0. The van der Waals surface area contributed by atoms with E-state index in [0.29, 0.717) is 0 Å². The second-order valence-corrected chi connectivity index (χ2v) is 7.98. The number of anilines is 2. The van der Waals surface area contributed by atoms with E-state index in [1.807, 2.05) is 60.8 Å². The van der Waals surface area contributed by atoms with Crippen molar-refractivity contribution in [2.45, 2.75) is 31.2 Å². The summed E-state index contributed by atoms with van der Waals surface area (Å²) in [4.78, 5) is 26.7. The molecule has 29 heavy (non-hydrogen) atoms. The lowest BCUT2D eigenvalue weighted by molar-refractivity contribution is 0.133. The lowest BCUT2D eigenvalue weighted by Crippen LogP contribution is -2.55. The Kier molecular flexibility index (Phi) is 4.54. The van der Waals surface area contributed by atoms with Crippen LogP contribution in [0.15, 0.2) is 60.8 Å². The molecule has 0 aliphatic carbocycles. The van der Waals surface area contributed by atoms with E-state index in [0.717, 1.165) is 67.9 Å². The first kappa shape index (κ1) is 17.9. The second kappa shape index (κ2) is 7.35. The van der Waals surface area contributed by atoms with Crippen molar-refractivity contribution in [3.05, 3.63) is 60.8 Å². The van der Waals surface area contributed by atoms with Crippen molar-refractivity contribution in [1.82, 2.24) is 14.9 Å². The molecule has 1 spiro atoms. The molecule has 2 aromatic carbocycles. The van der Waals surface area contributed by atoms with Crippen LogP contribution < -0.4 is 10.2 Å². The number of carbonyl (C=O) groups is 1. The van der Waals surface area contributed by atoms with Crippen LogP contribution in [0.5, 0.6) is 0 Å². The molecule has 2 amide bonds. The molecule has 0 radical (unpaired) electrons. The Bertz CT molecular complexity index is 1010. The van der Waals surface area contributed by atoms with Crippen LogP contribution in [-0.4, -0.2) is 46.1 Å². The zero-order valence-electron chi connectivity index (χ0n) is 16.4. The van der Waals surface area contributed by atoms with Gasteiger partial charge in [-0.3, -0.25) is 4.98 Å². The van der Waals surface area contributed by atoms with Crippen molar-refractivity contribution in [1.29, 1.82) is 0 Å². The highest BCUT2D eigenvalue weighted by molar-refractivity contribution is 5.90. The van der Waals surface area contributed by atoms with Crippen LogP contribution >= 0.6 is 0 Å². The van der Waals surface area contributed by atoms with Crippen LogP contribution in [0.3, 0.4) is 0 Å². The average molecular weight is 387 g/mol. The Labute approximate surface area is 170 Å². The van der Waals surface area contributed by atoms with Gasteiger partial charge in [-0.05, 0) is 49.9 Å². The highest BCUT2D eigenvalue weighted by Crippen LogP contribution is 2.39. The molecule has 0 saturated carbocycles. The largest absolute Gasteiger partial charge is 0.355 e. The SMILES string of the molecule is O=C(Nc1ccccc1)N1CCCC12CCN(c1cnc3ccccc3n1)CC2. The topological polar surface area (TPSA) is 61.4 Å². The summed E-state index contributed by atoms with van der Waals surface area (Å²) in [6, 6.07) is 17.7. The summed E-state index contributed by atoms with van der Waals surface area (Å²) in [6.45, 7) is 2.61. The monoisotopic (exact) mass is 387 g/mol. The van der Waals surface area contributed by atoms with E-state index in [2.05, 4.69) is 20.1 Å². The molecular formula is C23H25N5O. The maximum absolute atomic E-state index is 13.0. The van der Waals surface area contributed by atoms with Crippen LogP contribution in [-0.2, 0) is 0 Å². The van der Waals surface area contributed by atoms with Crippen LogP contribution in [0.2, 0.25) is 0 Å². The number of likely N-dealkylation sites (tertiary alicyclic amines) is 1. The minimum Gasteiger partial charge on any atom is -0.355 e. The summed E-state index contributed by atoms with van der Waals surface area (Å²) in [5.41, 5.74) is 2.65. The minimum atomic E-state index is -0.0420. The van der Waals surface area contributed by atoms with Gasteiger partial charge < -0.3 is 15.1 Å². The van der Waals surface area contributed by atoms with Crippen LogP contribution in [0, 0.1) is 0 Å². The number of hydrogen-bond acceptors (Lipinski definition) is 4. The van der Waals surface area contributed by atoms with Gasteiger partial charge in [0.05, 0.1) is 17.2 Å². The Morgan fingerprint density at radius 1 is 0.897 bits per heavy atom. The quantitative estimate of drug-likeness (QED) is 0.712. The number of piperidine rings is 1. The average Bonchev–Trinajstić information content (AvgIpc) is 3.18. The van der Waals surface area contributed by atoms with Gasteiger partial charge in [0.25, 0.3) is 0 Å². The van der Waals surface area contributed by atoms with Crippen molar-refractivity contribution >= 4 is 28.6 Å². The molecule has 148 valence electrons. The van der Waals surface area contributed by atoms with Gasteiger partial charge in [-0.2, -0.15) is 0 Å². The third-order valence-electron chi connectivity index (χ3n) is 6.32. The van der Waals surface area contributed by atoms with Crippen molar-refractivity contribution in [2.24, 2.45) is 0 Å². The molecule has 6 nitrogen and oxygen atoms in total. The Morgan fingerprint density at radius 3 is 2.41 bits per heavy atom. The highest BCUT2D eigenvalue weighted by atomic mass is 16.2. The van der Waals surface area contributed by atoms with E-state index in [1.165, 1.54) is 0 Å². The van der Waals surface area contributed by atoms with Crippen LogP contribution in [0.25, 0.3) is 11.0 Å². The van der Waals surface area contributed by atoms with Gasteiger partial charge in [0.2, 0.25) is 0 Å². The number of fused-ring (bicyclic) bond motifs is 1. The van der Waals surface area contributed by atoms with E-state index in [9.17, 15) is 4.79 Å². The van der Waals surface area contributed by atoms with Gasteiger partial charge in [0.15, 0.2) is 0 Å². The summed E-state index contributed by atoms with van der Waals surface area (Å²) < 4.78 is 0. The van der Waals surface area contributed by atoms with E-state index in [1.54, 1.807) is 0 Å². The standard InChI is InChI=1S/C23H25N5O/c29-22(25-18-7-2-1-3-8-18)28-14-6-11-23(28)12-15-27(16-13-23)21-17-24-19-9-4-5-10-20(19)26-21/h1-5,7-10,17H,6,11-16H2,(H,25,29). The molecule has 0 unspecified atom stereocenters. The molecule has 2 aliphatic rings. The van der Waals surface area contributed by atoms with E-state index in [4.69, 9.17) is 4.98 Å². The van der Waals surface area contributed by atoms with Gasteiger partial charge in [-0.1, -0.05) is 30.3 Å². The molecule has 1 N–H and O–H groups in total. The fraction of sp³-hybridized carbons (Fsp3) is 0.348. The fourth-order valence-corrected chi connectivity index (χ4v) is 4.74. The molecule has 0 bridgehead atoms. The second-order valence-electron chi connectivity index (χ2n) is 7.98. The van der Waals surface area contributed by atoms with E-state index < -0.39 is 0 Å². The fourth-order valence-electron chi connectivity index (χ4n) is 4.74. The normalized spacial score (nSPS) is 18.3. The summed E-state index contributed by atoms with van der Waals surface area (Å²) in [6.07, 6.45) is 5.94. The van der Waals surface area contributed by atoms with Crippen LogP contribution in [0.1, 0.15) is 25.7 Å². The Balaban J connectivity index is 1.29.